The van der Waals surface area contributed by atoms with Gasteiger partial charge in [0.25, 0.3) is 0 Å². The molecule has 0 rings (SSSR count). The van der Waals surface area contributed by atoms with E-state index in [9.17, 15) is 4.79 Å². The molecule has 0 amide bonds. The van der Waals surface area contributed by atoms with Crippen LogP contribution in [0.25, 0.3) is 0 Å². The largest absolute Gasteiger partial charge is 0.481 e. The smallest absolute Gasteiger partial charge is 0.325 e. The van der Waals surface area contributed by atoms with Crippen molar-refractivity contribution in [3.05, 3.63) is 0 Å². The van der Waals surface area contributed by atoms with E-state index in [1.54, 1.807) is 6.92 Å². The van der Waals surface area contributed by atoms with Crippen LogP contribution in [0.2, 0.25) is 0 Å². The van der Waals surface area contributed by atoms with Crippen LogP contribution in [0.3, 0.4) is 0 Å². The summed E-state index contributed by atoms with van der Waals surface area (Å²) in [6.07, 6.45) is 0. The highest BCUT2D eigenvalue weighted by Crippen LogP contribution is 1.81. The van der Waals surface area contributed by atoms with Gasteiger partial charge in [0.15, 0.2) is 5.90 Å². The Labute approximate surface area is 59.5 Å². The number of hydrogen-bond acceptors (Lipinski definition) is 3. The standard InChI is InChI=1S/C6H11NO3/c1-3-10-5(2)7-4-6(8)9/h3-4H2,1-2H3,(H,8,9)/b7-5-. The van der Waals surface area contributed by atoms with E-state index in [0.717, 1.165) is 0 Å². The van der Waals surface area contributed by atoms with Crippen molar-refractivity contribution in [3.63, 3.8) is 0 Å². The number of carboxylic acids is 1. The van der Waals surface area contributed by atoms with Crippen LogP contribution in [0.1, 0.15) is 13.8 Å². The van der Waals surface area contributed by atoms with Gasteiger partial charge < -0.3 is 9.84 Å². The van der Waals surface area contributed by atoms with Crippen LogP contribution in [0.5, 0.6) is 0 Å². The number of aliphatic carboxylic acids is 1. The topological polar surface area (TPSA) is 58.9 Å². The summed E-state index contributed by atoms with van der Waals surface area (Å²) in [5.41, 5.74) is 0. The molecule has 10 heavy (non-hydrogen) atoms. The van der Waals surface area contributed by atoms with Gasteiger partial charge in [-0.15, -0.1) is 0 Å². The third-order valence-electron chi connectivity index (χ3n) is 0.790. The predicted octanol–water partition coefficient (Wildman–Crippen LogP) is 0.526. The van der Waals surface area contributed by atoms with Gasteiger partial charge >= 0.3 is 5.97 Å². The zero-order valence-electron chi connectivity index (χ0n) is 6.13. The second-order valence-corrected chi connectivity index (χ2v) is 1.66. The van der Waals surface area contributed by atoms with E-state index < -0.39 is 5.97 Å². The molecule has 0 unspecified atom stereocenters. The summed E-state index contributed by atoms with van der Waals surface area (Å²) in [4.78, 5) is 13.6. The Balaban J connectivity index is 3.57. The lowest BCUT2D eigenvalue weighted by atomic mass is 10.6. The first-order valence-corrected chi connectivity index (χ1v) is 3.02. The van der Waals surface area contributed by atoms with E-state index in [4.69, 9.17) is 9.84 Å². The molecule has 0 bridgehead atoms. The Morgan fingerprint density at radius 3 is 2.70 bits per heavy atom. The van der Waals surface area contributed by atoms with Gasteiger partial charge in [-0.1, -0.05) is 0 Å². The fraction of sp³-hybridized carbons (Fsp3) is 0.667. The summed E-state index contributed by atoms with van der Waals surface area (Å²) >= 11 is 0. The van der Waals surface area contributed by atoms with Gasteiger partial charge in [-0.3, -0.25) is 4.79 Å². The van der Waals surface area contributed by atoms with E-state index in [1.165, 1.54) is 0 Å². The molecule has 0 saturated heterocycles. The van der Waals surface area contributed by atoms with Crippen LogP contribution < -0.4 is 0 Å². The van der Waals surface area contributed by atoms with E-state index in [2.05, 4.69) is 4.99 Å². The molecular formula is C6H11NO3. The SMILES string of the molecule is CCO/C(C)=N\CC(=O)O. The molecular weight excluding hydrogens is 134 g/mol. The molecule has 58 valence electrons. The number of hydrogen-bond donors (Lipinski definition) is 1. The minimum atomic E-state index is -0.945. The predicted molar refractivity (Wildman–Crippen MR) is 37.2 cm³/mol. The van der Waals surface area contributed by atoms with Gasteiger partial charge in [0, 0.05) is 6.92 Å². The third kappa shape index (κ3) is 5.08. The first-order valence-electron chi connectivity index (χ1n) is 3.02. The van der Waals surface area contributed by atoms with Crippen molar-refractivity contribution in [1.82, 2.24) is 0 Å². The number of ether oxygens (including phenoxy) is 1. The van der Waals surface area contributed by atoms with Gasteiger partial charge in [0.1, 0.15) is 6.54 Å². The maximum atomic E-state index is 9.95. The molecule has 0 aromatic carbocycles. The van der Waals surface area contributed by atoms with Crippen molar-refractivity contribution < 1.29 is 14.6 Å². The Morgan fingerprint density at radius 1 is 1.70 bits per heavy atom. The Bertz CT molecular complexity index is 142. The van der Waals surface area contributed by atoms with Gasteiger partial charge in [0.2, 0.25) is 0 Å². The maximum absolute atomic E-state index is 9.95. The fourth-order valence-electron chi connectivity index (χ4n) is 0.433. The van der Waals surface area contributed by atoms with E-state index in [0.29, 0.717) is 12.5 Å². The van der Waals surface area contributed by atoms with Crippen molar-refractivity contribution in [2.24, 2.45) is 4.99 Å². The zero-order chi connectivity index (χ0) is 7.98. The molecule has 0 atom stereocenters. The van der Waals surface area contributed by atoms with Crippen LogP contribution in [-0.4, -0.2) is 30.1 Å². The molecule has 0 spiro atoms. The number of aliphatic imine (C=N–C) groups is 1. The van der Waals surface area contributed by atoms with Gasteiger partial charge in [0.05, 0.1) is 6.61 Å². The lowest BCUT2D eigenvalue weighted by Gasteiger charge is -1.98. The average molecular weight is 145 g/mol. The Morgan fingerprint density at radius 2 is 2.30 bits per heavy atom. The van der Waals surface area contributed by atoms with Crippen LogP contribution in [0.15, 0.2) is 4.99 Å². The average Bonchev–Trinajstić information content (AvgIpc) is 1.85. The first-order chi connectivity index (χ1) is 4.66. The Hall–Kier alpha value is -1.06. The molecule has 0 aliphatic carbocycles. The molecule has 0 fully saturated rings. The van der Waals surface area contributed by atoms with Gasteiger partial charge in [-0.25, -0.2) is 4.99 Å². The fourth-order valence-corrected chi connectivity index (χ4v) is 0.433. The van der Waals surface area contributed by atoms with Gasteiger partial charge in [-0.2, -0.15) is 0 Å². The maximum Gasteiger partial charge on any atom is 0.325 e. The monoisotopic (exact) mass is 145 g/mol. The number of rotatable bonds is 3. The van der Waals surface area contributed by atoms with Crippen LogP contribution in [-0.2, 0) is 9.53 Å². The van der Waals surface area contributed by atoms with Crippen molar-refractivity contribution in [1.29, 1.82) is 0 Å². The quantitative estimate of drug-likeness (QED) is 0.465. The second kappa shape index (κ2) is 4.78. The highest BCUT2D eigenvalue weighted by Gasteiger charge is 1.93. The third-order valence-corrected chi connectivity index (χ3v) is 0.790. The zero-order valence-corrected chi connectivity index (χ0v) is 6.13. The lowest BCUT2D eigenvalue weighted by molar-refractivity contribution is -0.135. The van der Waals surface area contributed by atoms with Crippen molar-refractivity contribution >= 4 is 11.9 Å². The van der Waals surface area contributed by atoms with Crippen molar-refractivity contribution in [2.75, 3.05) is 13.2 Å². The summed E-state index contributed by atoms with van der Waals surface area (Å²) in [5.74, 6) is -0.524. The molecule has 0 aliphatic heterocycles. The minimum Gasteiger partial charge on any atom is -0.481 e. The van der Waals surface area contributed by atoms with Crippen molar-refractivity contribution in [3.8, 4) is 0 Å². The summed E-state index contributed by atoms with van der Waals surface area (Å²) in [6, 6.07) is 0. The molecule has 1 N–H and O–H groups in total. The molecule has 0 heterocycles. The number of nitrogens with zero attached hydrogens (tertiary/aromatic N) is 1. The first kappa shape index (κ1) is 8.94. The second-order valence-electron chi connectivity index (χ2n) is 1.66. The Kier molecular flexibility index (Phi) is 4.28. The molecule has 0 aliphatic rings. The highest BCUT2D eigenvalue weighted by atomic mass is 16.5. The van der Waals surface area contributed by atoms with Crippen LogP contribution in [0, 0.1) is 0 Å². The summed E-state index contributed by atoms with van der Waals surface area (Å²) < 4.78 is 4.88. The van der Waals surface area contributed by atoms with Crippen LogP contribution >= 0.6 is 0 Å². The van der Waals surface area contributed by atoms with Crippen molar-refractivity contribution in [2.45, 2.75) is 13.8 Å². The number of carboxylic acid groups (broad SMARTS) is 1. The minimum absolute atomic E-state index is 0.216. The lowest BCUT2D eigenvalue weighted by Crippen LogP contribution is -2.05. The van der Waals surface area contributed by atoms with E-state index in [-0.39, 0.29) is 6.54 Å². The molecule has 4 heteroatoms. The van der Waals surface area contributed by atoms with E-state index >= 15 is 0 Å². The summed E-state index contributed by atoms with van der Waals surface area (Å²) in [6.45, 7) is 3.76. The summed E-state index contributed by atoms with van der Waals surface area (Å²) in [7, 11) is 0. The van der Waals surface area contributed by atoms with Crippen LogP contribution in [0.4, 0.5) is 0 Å². The molecule has 0 radical (unpaired) electrons. The molecule has 0 saturated carbocycles. The molecule has 4 nitrogen and oxygen atoms in total. The number of carbonyl (C=O) groups is 1. The molecule has 0 aromatic heterocycles. The summed E-state index contributed by atoms with van der Waals surface area (Å²) in [5, 5.41) is 8.17. The van der Waals surface area contributed by atoms with E-state index in [1.807, 2.05) is 6.92 Å². The normalized spacial score (nSPS) is 11.2. The van der Waals surface area contributed by atoms with Gasteiger partial charge in [-0.05, 0) is 6.92 Å². The highest BCUT2D eigenvalue weighted by molar-refractivity contribution is 5.77. The molecule has 0 aromatic rings.